The molecule has 1 aromatic carbocycles. The lowest BCUT2D eigenvalue weighted by Crippen LogP contribution is -2.27. The van der Waals surface area contributed by atoms with Gasteiger partial charge in [-0.3, -0.25) is 9.59 Å². The molecule has 1 fully saturated rings. The van der Waals surface area contributed by atoms with Crippen molar-refractivity contribution in [3.05, 3.63) is 47.9 Å². The van der Waals surface area contributed by atoms with Gasteiger partial charge >= 0.3 is 5.97 Å². The van der Waals surface area contributed by atoms with Crippen molar-refractivity contribution in [2.24, 2.45) is 5.92 Å². The molecule has 0 unspecified atom stereocenters. The minimum atomic E-state index is -3.55. The van der Waals surface area contributed by atoms with Crippen molar-refractivity contribution in [1.29, 1.82) is 0 Å². The maximum atomic E-state index is 12.8. The first-order valence-electron chi connectivity index (χ1n) is 10.9. The highest BCUT2D eigenvalue weighted by molar-refractivity contribution is 7.91. The molecule has 1 aliphatic carbocycles. The number of sulfone groups is 1. The predicted octanol–water partition coefficient (Wildman–Crippen LogP) is 3.17. The zero-order valence-corrected chi connectivity index (χ0v) is 19.1. The van der Waals surface area contributed by atoms with E-state index in [9.17, 15) is 18.0 Å². The fraction of sp³-hybridized carbons (Fsp3) is 0.478. The standard InChI is InChI=1S/C23H29N3O5S/c1-2-11-26(15-18-5-6-18)22-14-20(24-16-25-22)21(27)13-17-7-9-19(10-8-17)32(30,31)12-3-4-23(28)29/h7-10,14,16,18H,2-6,11-13,15H2,1H3,(H,28,29). The van der Waals surface area contributed by atoms with Gasteiger partial charge in [0.05, 0.1) is 10.6 Å². The van der Waals surface area contributed by atoms with Gasteiger partial charge in [0, 0.05) is 32.0 Å². The number of aliphatic carboxylic acids is 1. The van der Waals surface area contributed by atoms with Crippen LogP contribution < -0.4 is 4.90 Å². The van der Waals surface area contributed by atoms with Gasteiger partial charge in [0.15, 0.2) is 15.6 Å². The third-order valence-electron chi connectivity index (χ3n) is 5.38. The van der Waals surface area contributed by atoms with Crippen LogP contribution in [0.15, 0.2) is 41.6 Å². The van der Waals surface area contributed by atoms with Crippen LogP contribution in [0.2, 0.25) is 0 Å². The Kier molecular flexibility index (Phi) is 7.95. The van der Waals surface area contributed by atoms with Crippen LogP contribution in [0, 0.1) is 5.92 Å². The van der Waals surface area contributed by atoms with Crippen molar-refractivity contribution >= 4 is 27.4 Å². The highest BCUT2D eigenvalue weighted by Crippen LogP contribution is 2.31. The van der Waals surface area contributed by atoms with Gasteiger partial charge in [-0.2, -0.15) is 0 Å². The highest BCUT2D eigenvalue weighted by atomic mass is 32.2. The second kappa shape index (κ2) is 10.7. The second-order valence-electron chi connectivity index (χ2n) is 8.21. The molecule has 0 radical (unpaired) electrons. The van der Waals surface area contributed by atoms with Gasteiger partial charge in [0.2, 0.25) is 0 Å². The van der Waals surface area contributed by atoms with E-state index in [0.717, 1.165) is 25.3 Å². The fourth-order valence-electron chi connectivity index (χ4n) is 3.48. The molecular formula is C23H29N3O5S. The largest absolute Gasteiger partial charge is 0.481 e. The Bertz CT molecular complexity index is 1050. The summed E-state index contributed by atoms with van der Waals surface area (Å²) in [7, 11) is -3.55. The van der Waals surface area contributed by atoms with E-state index in [1.54, 1.807) is 18.2 Å². The summed E-state index contributed by atoms with van der Waals surface area (Å²) in [5, 5.41) is 8.67. The molecule has 9 heteroatoms. The predicted molar refractivity (Wildman–Crippen MR) is 121 cm³/mol. The van der Waals surface area contributed by atoms with E-state index >= 15 is 0 Å². The van der Waals surface area contributed by atoms with Gasteiger partial charge < -0.3 is 10.0 Å². The minimum absolute atomic E-state index is 0.0593. The number of rotatable bonds is 13. The maximum Gasteiger partial charge on any atom is 0.303 e. The van der Waals surface area contributed by atoms with E-state index in [2.05, 4.69) is 21.8 Å². The van der Waals surface area contributed by atoms with Gasteiger partial charge in [-0.15, -0.1) is 0 Å². The molecule has 1 aliphatic rings. The number of carbonyl (C=O) groups excluding carboxylic acids is 1. The van der Waals surface area contributed by atoms with Crippen molar-refractivity contribution in [1.82, 2.24) is 9.97 Å². The van der Waals surface area contributed by atoms with E-state index < -0.39 is 15.8 Å². The van der Waals surface area contributed by atoms with Gasteiger partial charge in [0.1, 0.15) is 17.8 Å². The molecule has 0 atom stereocenters. The zero-order chi connectivity index (χ0) is 23.1. The van der Waals surface area contributed by atoms with Crippen LogP contribution in [0.4, 0.5) is 5.82 Å². The molecule has 2 aromatic rings. The third kappa shape index (κ3) is 6.85. The van der Waals surface area contributed by atoms with Crippen LogP contribution in [0.1, 0.15) is 55.1 Å². The number of aromatic nitrogens is 2. The normalized spacial score (nSPS) is 13.7. The summed E-state index contributed by atoms with van der Waals surface area (Å²) in [6.45, 7) is 3.94. The number of nitrogens with zero attached hydrogens (tertiary/aromatic N) is 3. The van der Waals surface area contributed by atoms with Gasteiger partial charge in [-0.1, -0.05) is 19.1 Å². The first kappa shape index (κ1) is 23.8. The first-order valence-corrected chi connectivity index (χ1v) is 12.6. The fourth-order valence-corrected chi connectivity index (χ4v) is 4.79. The molecule has 1 N–H and O–H groups in total. The van der Waals surface area contributed by atoms with Crippen LogP contribution in [0.3, 0.4) is 0 Å². The average molecular weight is 460 g/mol. The summed E-state index contributed by atoms with van der Waals surface area (Å²) in [6, 6.07) is 7.88. The molecule has 1 aromatic heterocycles. The summed E-state index contributed by atoms with van der Waals surface area (Å²) in [5.41, 5.74) is 1.03. The number of hydrogen-bond donors (Lipinski definition) is 1. The highest BCUT2D eigenvalue weighted by Gasteiger charge is 2.25. The zero-order valence-electron chi connectivity index (χ0n) is 18.2. The second-order valence-corrected chi connectivity index (χ2v) is 10.3. The number of hydrogen-bond acceptors (Lipinski definition) is 7. The molecule has 0 saturated heterocycles. The van der Waals surface area contributed by atoms with Crippen LogP contribution in [0.5, 0.6) is 0 Å². The van der Waals surface area contributed by atoms with Crippen LogP contribution in [0.25, 0.3) is 0 Å². The van der Waals surface area contributed by atoms with E-state index in [-0.39, 0.29) is 35.7 Å². The van der Waals surface area contributed by atoms with E-state index in [0.29, 0.717) is 17.2 Å². The summed E-state index contributed by atoms with van der Waals surface area (Å²) in [4.78, 5) is 34.2. The topological polar surface area (TPSA) is 118 Å². The molecule has 32 heavy (non-hydrogen) atoms. The molecule has 0 spiro atoms. The Morgan fingerprint density at radius 2 is 1.88 bits per heavy atom. The molecule has 0 amide bonds. The monoisotopic (exact) mass is 459 g/mol. The Balaban J connectivity index is 1.65. The van der Waals surface area contributed by atoms with Crippen molar-refractivity contribution in [2.45, 2.75) is 50.3 Å². The SMILES string of the molecule is CCCN(CC1CC1)c1cc(C(=O)Cc2ccc(S(=O)(=O)CCCC(=O)O)cc2)ncn1. The summed E-state index contributed by atoms with van der Waals surface area (Å²) < 4.78 is 24.6. The number of anilines is 1. The van der Waals surface area contributed by atoms with Gasteiger partial charge in [-0.25, -0.2) is 18.4 Å². The third-order valence-corrected chi connectivity index (χ3v) is 7.20. The number of Topliss-reactive ketones (excluding diaryl/α,β-unsaturated/α-hetero) is 1. The Morgan fingerprint density at radius 3 is 2.50 bits per heavy atom. The number of benzene rings is 1. The number of carboxylic acid groups (broad SMARTS) is 1. The lowest BCUT2D eigenvalue weighted by molar-refractivity contribution is -0.137. The van der Waals surface area contributed by atoms with Crippen molar-refractivity contribution in [3.8, 4) is 0 Å². The summed E-state index contributed by atoms with van der Waals surface area (Å²) >= 11 is 0. The van der Waals surface area contributed by atoms with Gasteiger partial charge in [-0.05, 0) is 49.3 Å². The first-order chi connectivity index (χ1) is 15.3. The molecule has 1 saturated carbocycles. The van der Waals surface area contributed by atoms with Gasteiger partial charge in [0.25, 0.3) is 0 Å². The Labute approximate surface area is 188 Å². The molecule has 0 bridgehead atoms. The van der Waals surface area contributed by atoms with Crippen molar-refractivity contribution in [3.63, 3.8) is 0 Å². The molecule has 1 heterocycles. The number of carboxylic acids is 1. The van der Waals surface area contributed by atoms with Crippen LogP contribution in [-0.2, 0) is 21.1 Å². The molecule has 172 valence electrons. The molecular weight excluding hydrogens is 430 g/mol. The molecule has 3 rings (SSSR count). The van der Waals surface area contributed by atoms with E-state index in [4.69, 9.17) is 5.11 Å². The average Bonchev–Trinajstić information content (AvgIpc) is 3.58. The van der Waals surface area contributed by atoms with Crippen LogP contribution in [-0.4, -0.2) is 54.1 Å². The number of ketones is 1. The smallest absolute Gasteiger partial charge is 0.303 e. The van der Waals surface area contributed by atoms with E-state index in [1.165, 1.54) is 31.3 Å². The lowest BCUT2D eigenvalue weighted by atomic mass is 10.1. The Morgan fingerprint density at radius 1 is 1.16 bits per heavy atom. The van der Waals surface area contributed by atoms with Crippen LogP contribution >= 0.6 is 0 Å². The quantitative estimate of drug-likeness (QED) is 0.454. The number of carbonyl (C=O) groups is 2. The van der Waals surface area contributed by atoms with Crippen molar-refractivity contribution < 1.29 is 23.1 Å². The molecule has 8 nitrogen and oxygen atoms in total. The van der Waals surface area contributed by atoms with E-state index in [1.807, 2.05) is 0 Å². The minimum Gasteiger partial charge on any atom is -0.481 e. The summed E-state index contributed by atoms with van der Waals surface area (Å²) in [5.74, 6) is 0.0616. The lowest BCUT2D eigenvalue weighted by Gasteiger charge is -2.23. The maximum absolute atomic E-state index is 12.8. The Hall–Kier alpha value is -2.81. The molecule has 0 aliphatic heterocycles. The summed E-state index contributed by atoms with van der Waals surface area (Å²) in [6.07, 6.45) is 4.86. The van der Waals surface area contributed by atoms with Crippen molar-refractivity contribution in [2.75, 3.05) is 23.7 Å².